The van der Waals surface area contributed by atoms with Gasteiger partial charge in [0.25, 0.3) is 0 Å². The number of phenols is 1. The third kappa shape index (κ3) is 2.90. The molecule has 0 radical (unpaired) electrons. The van der Waals surface area contributed by atoms with Crippen molar-refractivity contribution in [1.29, 1.82) is 5.26 Å². The van der Waals surface area contributed by atoms with E-state index in [1.54, 1.807) is 18.2 Å². The van der Waals surface area contributed by atoms with Crippen molar-refractivity contribution < 1.29 is 14.6 Å². The Morgan fingerprint density at radius 2 is 1.88 bits per heavy atom. The van der Waals surface area contributed by atoms with E-state index < -0.39 is 0 Å². The van der Waals surface area contributed by atoms with E-state index in [-0.39, 0.29) is 17.2 Å². The average molecular weight is 338 g/mol. The number of ether oxygens (including phenoxy) is 2. The highest BCUT2D eigenvalue weighted by Crippen LogP contribution is 2.38. The van der Waals surface area contributed by atoms with E-state index in [4.69, 9.17) is 9.47 Å². The number of hydrogen-bond acceptors (Lipinski definition) is 6. The highest BCUT2D eigenvalue weighted by atomic mass is 32.1. The van der Waals surface area contributed by atoms with Crippen LogP contribution in [-0.4, -0.2) is 24.3 Å². The number of nitrogens with zero attached hydrogens (tertiary/aromatic N) is 2. The van der Waals surface area contributed by atoms with Gasteiger partial charge in [0.05, 0.1) is 30.0 Å². The zero-order valence-electron chi connectivity index (χ0n) is 13.1. The van der Waals surface area contributed by atoms with Gasteiger partial charge in [-0.2, -0.15) is 5.26 Å². The second-order valence-electron chi connectivity index (χ2n) is 4.93. The molecule has 0 amide bonds. The summed E-state index contributed by atoms with van der Waals surface area (Å²) in [6, 6.07) is 13.2. The number of hydrogen-bond donors (Lipinski definition) is 1. The monoisotopic (exact) mass is 338 g/mol. The maximum atomic E-state index is 9.97. The predicted molar refractivity (Wildman–Crippen MR) is 94.3 cm³/mol. The first kappa shape index (κ1) is 15.8. The zero-order valence-corrected chi connectivity index (χ0v) is 13.9. The highest BCUT2D eigenvalue weighted by molar-refractivity contribution is 7.19. The molecule has 0 bridgehead atoms. The van der Waals surface area contributed by atoms with Crippen molar-refractivity contribution in [2.45, 2.75) is 0 Å². The lowest BCUT2D eigenvalue weighted by Crippen LogP contribution is -1.90. The van der Waals surface area contributed by atoms with Gasteiger partial charge in [0.2, 0.25) is 5.75 Å². The summed E-state index contributed by atoms with van der Waals surface area (Å²) < 4.78 is 11.3. The summed E-state index contributed by atoms with van der Waals surface area (Å²) in [4.78, 5) is 4.50. The molecule has 0 unspecified atom stereocenters. The van der Waals surface area contributed by atoms with Crippen molar-refractivity contribution in [3.8, 4) is 23.3 Å². The number of rotatable bonds is 4. The number of thiazole rings is 1. The van der Waals surface area contributed by atoms with Crippen molar-refractivity contribution in [2.24, 2.45) is 0 Å². The van der Waals surface area contributed by atoms with E-state index in [0.717, 1.165) is 10.2 Å². The van der Waals surface area contributed by atoms with Gasteiger partial charge in [-0.1, -0.05) is 12.1 Å². The van der Waals surface area contributed by atoms with Gasteiger partial charge in [0.15, 0.2) is 11.5 Å². The number of nitriles is 1. The molecule has 0 aliphatic carbocycles. The van der Waals surface area contributed by atoms with Crippen LogP contribution in [0.2, 0.25) is 0 Å². The quantitative estimate of drug-likeness (QED) is 0.725. The smallest absolute Gasteiger partial charge is 0.200 e. The van der Waals surface area contributed by atoms with Gasteiger partial charge in [-0.05, 0) is 35.9 Å². The molecule has 0 saturated carbocycles. The lowest BCUT2D eigenvalue weighted by atomic mass is 10.1. The van der Waals surface area contributed by atoms with Crippen LogP contribution in [0.5, 0.6) is 17.2 Å². The van der Waals surface area contributed by atoms with Crippen molar-refractivity contribution in [2.75, 3.05) is 14.2 Å². The second kappa shape index (κ2) is 6.60. The number of fused-ring (bicyclic) bond motifs is 1. The number of aromatic hydroxyl groups is 1. The zero-order chi connectivity index (χ0) is 17.1. The first-order chi connectivity index (χ1) is 11.7. The van der Waals surface area contributed by atoms with Crippen LogP contribution >= 0.6 is 11.3 Å². The molecule has 6 heteroatoms. The van der Waals surface area contributed by atoms with Crippen molar-refractivity contribution in [3.63, 3.8) is 0 Å². The molecule has 0 aliphatic heterocycles. The Labute approximate surface area is 143 Å². The molecule has 1 aromatic heterocycles. The molecule has 1 N–H and O–H groups in total. The molecule has 5 nitrogen and oxygen atoms in total. The van der Waals surface area contributed by atoms with E-state index >= 15 is 0 Å². The molecule has 2 aromatic carbocycles. The Balaban J connectivity index is 2.09. The molecule has 0 aliphatic rings. The number of para-hydroxylation sites is 1. The summed E-state index contributed by atoms with van der Waals surface area (Å²) in [5.41, 5.74) is 1.97. The van der Waals surface area contributed by atoms with Crippen molar-refractivity contribution >= 4 is 33.2 Å². The minimum Gasteiger partial charge on any atom is -0.502 e. The van der Waals surface area contributed by atoms with Crippen LogP contribution < -0.4 is 9.47 Å². The molecule has 3 aromatic rings. The second-order valence-corrected chi connectivity index (χ2v) is 5.96. The Bertz CT molecular complexity index is 912. The fourth-order valence-electron chi connectivity index (χ4n) is 2.29. The SMILES string of the molecule is COc1cc(C=C(C#N)c2nc3ccccc3s2)cc(OC)c1O. The summed E-state index contributed by atoms with van der Waals surface area (Å²) >= 11 is 1.46. The van der Waals surface area contributed by atoms with E-state index in [1.165, 1.54) is 25.6 Å². The lowest BCUT2D eigenvalue weighted by molar-refractivity contribution is 0.340. The fraction of sp³-hybridized carbons (Fsp3) is 0.111. The number of benzene rings is 2. The van der Waals surface area contributed by atoms with E-state index in [9.17, 15) is 10.4 Å². The maximum Gasteiger partial charge on any atom is 0.200 e. The molecule has 0 atom stereocenters. The summed E-state index contributed by atoms with van der Waals surface area (Å²) in [6.45, 7) is 0. The van der Waals surface area contributed by atoms with Gasteiger partial charge in [-0.15, -0.1) is 11.3 Å². The lowest BCUT2D eigenvalue weighted by Gasteiger charge is -2.09. The van der Waals surface area contributed by atoms with Gasteiger partial charge in [0, 0.05) is 0 Å². The molecule has 120 valence electrons. The van der Waals surface area contributed by atoms with E-state index in [0.29, 0.717) is 16.1 Å². The van der Waals surface area contributed by atoms with Crippen LogP contribution in [0.25, 0.3) is 21.9 Å². The van der Waals surface area contributed by atoms with Crippen LogP contribution in [0, 0.1) is 11.3 Å². The van der Waals surface area contributed by atoms with Gasteiger partial charge < -0.3 is 14.6 Å². The first-order valence-corrected chi connectivity index (χ1v) is 7.90. The topological polar surface area (TPSA) is 75.4 Å². The summed E-state index contributed by atoms with van der Waals surface area (Å²) in [5.74, 6) is 0.486. The number of allylic oxidation sites excluding steroid dienone is 1. The third-order valence-corrected chi connectivity index (χ3v) is 4.53. The Kier molecular flexibility index (Phi) is 4.36. The van der Waals surface area contributed by atoms with Crippen molar-refractivity contribution in [3.05, 3.63) is 47.0 Å². The molecule has 3 rings (SSSR count). The third-order valence-electron chi connectivity index (χ3n) is 3.46. The summed E-state index contributed by atoms with van der Waals surface area (Å²) in [6.07, 6.45) is 1.70. The van der Waals surface area contributed by atoms with Crippen LogP contribution in [0.1, 0.15) is 10.6 Å². The Morgan fingerprint density at radius 1 is 1.21 bits per heavy atom. The molecule has 0 fully saturated rings. The molecule has 0 saturated heterocycles. The summed E-state index contributed by atoms with van der Waals surface area (Å²) in [7, 11) is 2.92. The van der Waals surface area contributed by atoms with Crippen LogP contribution in [0.4, 0.5) is 0 Å². The van der Waals surface area contributed by atoms with Crippen LogP contribution in [-0.2, 0) is 0 Å². The number of methoxy groups -OCH3 is 2. The molecule has 1 heterocycles. The molecular weight excluding hydrogens is 324 g/mol. The van der Waals surface area contributed by atoms with Crippen molar-refractivity contribution in [1.82, 2.24) is 4.98 Å². The minimum atomic E-state index is -0.0735. The standard InChI is InChI=1S/C18H14N2O3S/c1-22-14-8-11(9-15(23-2)17(14)21)7-12(10-19)18-20-13-5-3-4-6-16(13)24-18/h3-9,21H,1-2H3. The van der Waals surface area contributed by atoms with Crippen LogP contribution in [0.15, 0.2) is 36.4 Å². The average Bonchev–Trinajstić information content (AvgIpc) is 3.04. The fourth-order valence-corrected chi connectivity index (χ4v) is 3.22. The minimum absolute atomic E-state index is 0.0735. The Hall–Kier alpha value is -3.04. The first-order valence-electron chi connectivity index (χ1n) is 7.09. The Morgan fingerprint density at radius 3 is 2.46 bits per heavy atom. The normalized spacial score (nSPS) is 11.3. The predicted octanol–water partition coefficient (Wildman–Crippen LogP) is 4.08. The van der Waals surface area contributed by atoms with Gasteiger partial charge >= 0.3 is 0 Å². The van der Waals surface area contributed by atoms with Gasteiger partial charge in [0.1, 0.15) is 11.1 Å². The number of aromatic nitrogens is 1. The van der Waals surface area contributed by atoms with Gasteiger partial charge in [-0.25, -0.2) is 4.98 Å². The van der Waals surface area contributed by atoms with Gasteiger partial charge in [-0.3, -0.25) is 0 Å². The van der Waals surface area contributed by atoms with E-state index in [2.05, 4.69) is 11.1 Å². The molecule has 0 spiro atoms. The highest BCUT2D eigenvalue weighted by Gasteiger charge is 2.13. The maximum absolute atomic E-state index is 9.97. The summed E-state index contributed by atoms with van der Waals surface area (Å²) in [5, 5.41) is 20.1. The van der Waals surface area contributed by atoms with Crippen LogP contribution in [0.3, 0.4) is 0 Å². The number of phenolic OH excluding ortho intramolecular Hbond substituents is 1. The molecule has 24 heavy (non-hydrogen) atoms. The largest absolute Gasteiger partial charge is 0.502 e. The van der Waals surface area contributed by atoms with E-state index in [1.807, 2.05) is 24.3 Å². The molecular formula is C18H14N2O3S.